The molecule has 0 aromatic carbocycles. The molecule has 4 heteroatoms. The average molecular weight is 172 g/mol. The van der Waals surface area contributed by atoms with Gasteiger partial charge in [-0.3, -0.25) is 4.79 Å². The van der Waals surface area contributed by atoms with Crippen molar-refractivity contribution in [1.82, 2.24) is 4.90 Å². The topological polar surface area (TPSA) is 46.3 Å². The zero-order valence-electron chi connectivity index (χ0n) is 6.49. The van der Waals surface area contributed by atoms with E-state index in [4.69, 9.17) is 5.73 Å². The molecular formula is C7H12N2OS. The molecule has 3 atom stereocenters. The van der Waals surface area contributed by atoms with Gasteiger partial charge in [0, 0.05) is 6.54 Å². The van der Waals surface area contributed by atoms with E-state index in [9.17, 15) is 4.79 Å². The van der Waals surface area contributed by atoms with Crippen LogP contribution in [0.3, 0.4) is 0 Å². The highest BCUT2D eigenvalue weighted by molar-refractivity contribution is 8.00. The van der Waals surface area contributed by atoms with Crippen LogP contribution in [0.4, 0.5) is 0 Å². The van der Waals surface area contributed by atoms with Crippen LogP contribution in [-0.2, 0) is 4.79 Å². The van der Waals surface area contributed by atoms with Crippen molar-refractivity contribution in [1.29, 1.82) is 0 Å². The monoisotopic (exact) mass is 172 g/mol. The molecule has 2 aliphatic rings. The van der Waals surface area contributed by atoms with Gasteiger partial charge in [-0.25, -0.2) is 0 Å². The minimum absolute atomic E-state index is 0.133. The van der Waals surface area contributed by atoms with E-state index >= 15 is 0 Å². The lowest BCUT2D eigenvalue weighted by molar-refractivity contribution is -0.145. The third-order valence-corrected chi connectivity index (χ3v) is 3.89. The van der Waals surface area contributed by atoms with E-state index in [2.05, 4.69) is 6.92 Å². The lowest BCUT2D eigenvalue weighted by atomic mass is 10.1. The Kier molecular flexibility index (Phi) is 1.61. The summed E-state index contributed by atoms with van der Waals surface area (Å²) in [7, 11) is 0. The quantitative estimate of drug-likeness (QED) is 0.518. The zero-order chi connectivity index (χ0) is 8.01. The van der Waals surface area contributed by atoms with Gasteiger partial charge in [0.25, 0.3) is 0 Å². The van der Waals surface area contributed by atoms with Gasteiger partial charge in [-0.2, -0.15) is 0 Å². The summed E-state index contributed by atoms with van der Waals surface area (Å²) in [5.74, 6) is 1.91. The lowest BCUT2D eigenvalue weighted by Crippen LogP contribution is -2.69. The van der Waals surface area contributed by atoms with Crippen molar-refractivity contribution >= 4 is 17.7 Å². The van der Waals surface area contributed by atoms with E-state index in [0.29, 0.717) is 11.3 Å². The standard InChI is InChI=1S/C7H12N2OS/c1-4-2-9-6(10)5(8)7(9)11-3-4/h4-5,7H,2-3,8H2,1H3. The van der Waals surface area contributed by atoms with Gasteiger partial charge < -0.3 is 10.6 Å². The SMILES string of the molecule is CC1CSC2C(N)C(=O)N2C1. The van der Waals surface area contributed by atoms with Gasteiger partial charge in [-0.05, 0) is 11.7 Å². The first-order chi connectivity index (χ1) is 5.20. The molecule has 0 spiro atoms. The van der Waals surface area contributed by atoms with Crippen LogP contribution in [0, 0.1) is 5.92 Å². The molecule has 2 fully saturated rings. The predicted octanol–water partition coefficient (Wildman–Crippen LogP) is -0.135. The van der Waals surface area contributed by atoms with Gasteiger partial charge in [0.05, 0.1) is 0 Å². The number of rotatable bonds is 0. The molecule has 0 saturated carbocycles. The molecule has 62 valence electrons. The molecule has 2 saturated heterocycles. The second kappa shape index (κ2) is 2.38. The Morgan fingerprint density at radius 2 is 2.45 bits per heavy atom. The Morgan fingerprint density at radius 1 is 1.73 bits per heavy atom. The molecule has 2 heterocycles. The molecule has 0 aromatic rings. The highest BCUT2D eigenvalue weighted by Crippen LogP contribution is 2.35. The molecular weight excluding hydrogens is 160 g/mol. The Hall–Kier alpha value is -0.220. The van der Waals surface area contributed by atoms with Gasteiger partial charge in [-0.1, -0.05) is 6.92 Å². The Balaban J connectivity index is 2.04. The van der Waals surface area contributed by atoms with Crippen molar-refractivity contribution in [3.05, 3.63) is 0 Å². The van der Waals surface area contributed by atoms with Crippen molar-refractivity contribution in [2.75, 3.05) is 12.3 Å². The first-order valence-electron chi connectivity index (χ1n) is 3.88. The zero-order valence-corrected chi connectivity index (χ0v) is 7.30. The molecule has 1 amide bonds. The number of amides is 1. The molecule has 11 heavy (non-hydrogen) atoms. The molecule has 2 rings (SSSR count). The number of nitrogens with two attached hydrogens (primary N) is 1. The second-order valence-electron chi connectivity index (χ2n) is 3.35. The fourth-order valence-corrected chi connectivity index (χ4v) is 2.91. The van der Waals surface area contributed by atoms with Crippen molar-refractivity contribution in [2.24, 2.45) is 11.7 Å². The van der Waals surface area contributed by atoms with E-state index in [1.807, 2.05) is 16.7 Å². The number of hydrogen-bond donors (Lipinski definition) is 1. The summed E-state index contributed by atoms with van der Waals surface area (Å²) < 4.78 is 0. The number of carbonyl (C=O) groups excluding carboxylic acids is 1. The molecule has 0 aromatic heterocycles. The van der Waals surface area contributed by atoms with Crippen LogP contribution < -0.4 is 5.73 Å². The molecule has 0 radical (unpaired) electrons. The highest BCUT2D eigenvalue weighted by atomic mass is 32.2. The summed E-state index contributed by atoms with van der Waals surface area (Å²) in [6.07, 6.45) is 0. The Labute approximate surface area is 70.3 Å². The van der Waals surface area contributed by atoms with Crippen molar-refractivity contribution in [3.8, 4) is 0 Å². The average Bonchev–Trinajstić information content (AvgIpc) is 2.03. The fraction of sp³-hybridized carbons (Fsp3) is 0.857. The maximum absolute atomic E-state index is 11.1. The van der Waals surface area contributed by atoms with Crippen LogP contribution in [0.15, 0.2) is 0 Å². The summed E-state index contributed by atoms with van der Waals surface area (Å²) in [4.78, 5) is 13.0. The molecule has 3 nitrogen and oxygen atoms in total. The largest absolute Gasteiger partial charge is 0.327 e. The summed E-state index contributed by atoms with van der Waals surface area (Å²) in [6.45, 7) is 3.07. The molecule has 3 unspecified atom stereocenters. The van der Waals surface area contributed by atoms with E-state index in [-0.39, 0.29) is 11.9 Å². The van der Waals surface area contributed by atoms with Crippen LogP contribution in [0.1, 0.15) is 6.92 Å². The maximum Gasteiger partial charge on any atom is 0.243 e. The van der Waals surface area contributed by atoms with Gasteiger partial charge in [0.15, 0.2) is 0 Å². The van der Waals surface area contributed by atoms with Crippen LogP contribution in [0.25, 0.3) is 0 Å². The number of β-lactam (4-membered cyclic amide) rings is 1. The first-order valence-corrected chi connectivity index (χ1v) is 4.92. The van der Waals surface area contributed by atoms with Crippen LogP contribution in [-0.4, -0.2) is 34.5 Å². The van der Waals surface area contributed by atoms with Gasteiger partial charge in [-0.15, -0.1) is 11.8 Å². The van der Waals surface area contributed by atoms with Crippen molar-refractivity contribution < 1.29 is 4.79 Å². The number of thioether (sulfide) groups is 1. The number of nitrogens with zero attached hydrogens (tertiary/aromatic N) is 1. The summed E-state index contributed by atoms with van der Waals surface area (Å²) in [5.41, 5.74) is 5.61. The Morgan fingerprint density at radius 3 is 3.18 bits per heavy atom. The summed E-state index contributed by atoms with van der Waals surface area (Å²) in [5, 5.41) is 0.290. The minimum atomic E-state index is -0.215. The second-order valence-corrected chi connectivity index (χ2v) is 4.50. The number of hydrogen-bond acceptors (Lipinski definition) is 3. The van der Waals surface area contributed by atoms with E-state index in [0.717, 1.165) is 12.3 Å². The molecule has 2 aliphatic heterocycles. The van der Waals surface area contributed by atoms with E-state index in [1.165, 1.54) is 0 Å². The minimum Gasteiger partial charge on any atom is -0.327 e. The van der Waals surface area contributed by atoms with Crippen LogP contribution in [0.2, 0.25) is 0 Å². The summed E-state index contributed by atoms with van der Waals surface area (Å²) >= 11 is 1.81. The Bertz CT molecular complexity index is 197. The van der Waals surface area contributed by atoms with Crippen LogP contribution >= 0.6 is 11.8 Å². The van der Waals surface area contributed by atoms with Crippen molar-refractivity contribution in [2.45, 2.75) is 18.3 Å². The predicted molar refractivity (Wildman–Crippen MR) is 45.1 cm³/mol. The van der Waals surface area contributed by atoms with E-state index in [1.54, 1.807) is 0 Å². The smallest absolute Gasteiger partial charge is 0.243 e. The normalized spacial score (nSPS) is 43.3. The number of fused-ring (bicyclic) bond motifs is 1. The third kappa shape index (κ3) is 0.964. The molecule has 0 bridgehead atoms. The highest BCUT2D eigenvalue weighted by Gasteiger charge is 2.47. The van der Waals surface area contributed by atoms with Gasteiger partial charge in [0.2, 0.25) is 5.91 Å². The van der Waals surface area contributed by atoms with Crippen LogP contribution in [0.5, 0.6) is 0 Å². The lowest BCUT2D eigenvalue weighted by Gasteiger charge is -2.49. The fourth-order valence-electron chi connectivity index (χ4n) is 1.59. The van der Waals surface area contributed by atoms with Crippen molar-refractivity contribution in [3.63, 3.8) is 0 Å². The van der Waals surface area contributed by atoms with Gasteiger partial charge in [0.1, 0.15) is 11.4 Å². The van der Waals surface area contributed by atoms with Gasteiger partial charge >= 0.3 is 0 Å². The first kappa shape index (κ1) is 7.43. The molecule has 0 aliphatic carbocycles. The van der Waals surface area contributed by atoms with E-state index < -0.39 is 0 Å². The summed E-state index contributed by atoms with van der Waals surface area (Å²) in [6, 6.07) is -0.215. The third-order valence-electron chi connectivity index (χ3n) is 2.24. The maximum atomic E-state index is 11.1. The molecule has 2 N–H and O–H groups in total. The number of carbonyl (C=O) groups is 1.